The van der Waals surface area contributed by atoms with E-state index in [-0.39, 0.29) is 18.9 Å². The zero-order chi connectivity index (χ0) is 22.0. The Balaban J connectivity index is 1.50. The average Bonchev–Trinajstić information content (AvgIpc) is 3.05. The van der Waals surface area contributed by atoms with E-state index in [1.165, 1.54) is 18.2 Å². The van der Waals surface area contributed by atoms with Crippen molar-refractivity contribution in [3.63, 3.8) is 0 Å². The number of ether oxygens (including phenoxy) is 1. The smallest absolute Gasteiger partial charge is 0.407 e. The van der Waals surface area contributed by atoms with Crippen LogP contribution >= 0.6 is 15.9 Å². The first kappa shape index (κ1) is 21.1. The number of carbonyl (C=O) groups excluding carboxylic acids is 1. The third kappa shape index (κ3) is 4.46. The Morgan fingerprint density at radius 2 is 1.65 bits per heavy atom. The highest BCUT2D eigenvalue weighted by Gasteiger charge is 2.29. The molecular weight excluding hydrogens is 465 g/mol. The monoisotopic (exact) mass is 483 g/mol. The van der Waals surface area contributed by atoms with Gasteiger partial charge in [-0.2, -0.15) is 0 Å². The van der Waals surface area contributed by atoms with Gasteiger partial charge in [0, 0.05) is 10.4 Å². The van der Waals surface area contributed by atoms with Crippen molar-refractivity contribution in [1.82, 2.24) is 5.32 Å². The molecule has 1 aliphatic carbocycles. The molecule has 3 aromatic carbocycles. The van der Waals surface area contributed by atoms with Crippen molar-refractivity contribution in [2.24, 2.45) is 0 Å². The van der Waals surface area contributed by atoms with E-state index in [4.69, 9.17) is 4.74 Å². The van der Waals surface area contributed by atoms with E-state index in [0.717, 1.165) is 22.3 Å². The molecule has 158 valence electrons. The van der Waals surface area contributed by atoms with E-state index in [2.05, 4.69) is 21.2 Å². The number of halogens is 2. The molecule has 0 spiro atoms. The van der Waals surface area contributed by atoms with Crippen molar-refractivity contribution in [3.05, 3.63) is 93.7 Å². The number of benzene rings is 3. The summed E-state index contributed by atoms with van der Waals surface area (Å²) in [6, 6.07) is 19.0. The first-order chi connectivity index (χ1) is 14.9. The van der Waals surface area contributed by atoms with E-state index < -0.39 is 23.9 Å². The maximum absolute atomic E-state index is 13.4. The number of hydrogen-bond acceptors (Lipinski definition) is 3. The van der Waals surface area contributed by atoms with E-state index >= 15 is 0 Å². The second kappa shape index (κ2) is 8.89. The molecule has 0 aromatic heterocycles. The lowest BCUT2D eigenvalue weighted by molar-refractivity contribution is -0.137. The van der Waals surface area contributed by atoms with Crippen molar-refractivity contribution in [1.29, 1.82) is 0 Å². The first-order valence-electron chi connectivity index (χ1n) is 9.72. The van der Waals surface area contributed by atoms with Crippen LogP contribution in [0.1, 0.15) is 35.1 Å². The quantitative estimate of drug-likeness (QED) is 0.475. The van der Waals surface area contributed by atoms with Crippen LogP contribution in [0, 0.1) is 5.82 Å². The lowest BCUT2D eigenvalue weighted by atomic mass is 9.98. The van der Waals surface area contributed by atoms with Crippen molar-refractivity contribution in [2.45, 2.75) is 18.4 Å². The summed E-state index contributed by atoms with van der Waals surface area (Å²) in [6.45, 7) is 0.115. The highest BCUT2D eigenvalue weighted by Crippen LogP contribution is 2.44. The molecule has 0 heterocycles. The fraction of sp³-hybridized carbons (Fsp3) is 0.167. The number of hydrogen-bond donors (Lipinski definition) is 2. The summed E-state index contributed by atoms with van der Waals surface area (Å²) in [6.07, 6.45) is -1.10. The highest BCUT2D eigenvalue weighted by atomic mass is 79.9. The highest BCUT2D eigenvalue weighted by molar-refractivity contribution is 9.10. The molecule has 5 nitrogen and oxygen atoms in total. The summed E-state index contributed by atoms with van der Waals surface area (Å²) in [7, 11) is 0. The van der Waals surface area contributed by atoms with Crippen LogP contribution in [0.15, 0.2) is 71.2 Å². The van der Waals surface area contributed by atoms with Crippen molar-refractivity contribution >= 4 is 28.0 Å². The summed E-state index contributed by atoms with van der Waals surface area (Å²) < 4.78 is 19.3. The fourth-order valence-corrected chi connectivity index (χ4v) is 4.61. The van der Waals surface area contributed by atoms with Gasteiger partial charge in [0.1, 0.15) is 12.4 Å². The van der Waals surface area contributed by atoms with Crippen LogP contribution in [0.25, 0.3) is 11.1 Å². The Kier molecular flexibility index (Phi) is 6.04. The summed E-state index contributed by atoms with van der Waals surface area (Å²) in [4.78, 5) is 23.9. The minimum absolute atomic E-state index is 0.103. The van der Waals surface area contributed by atoms with Crippen LogP contribution in [0.2, 0.25) is 0 Å². The molecule has 0 radical (unpaired) electrons. The molecule has 7 heteroatoms. The summed E-state index contributed by atoms with van der Waals surface area (Å²) in [5, 5.41) is 11.8. The maximum atomic E-state index is 13.4. The zero-order valence-corrected chi connectivity index (χ0v) is 17.9. The van der Waals surface area contributed by atoms with Gasteiger partial charge >= 0.3 is 12.1 Å². The molecule has 0 bridgehead atoms. The molecule has 1 amide bonds. The number of carbonyl (C=O) groups is 2. The second-order valence-corrected chi connectivity index (χ2v) is 8.14. The minimum atomic E-state index is -1.10. The van der Waals surface area contributed by atoms with E-state index in [1.54, 1.807) is 0 Å². The second-order valence-electron chi connectivity index (χ2n) is 7.29. The van der Waals surface area contributed by atoms with Crippen LogP contribution in [-0.2, 0) is 9.53 Å². The molecule has 0 saturated heterocycles. The molecule has 1 aliphatic rings. The van der Waals surface area contributed by atoms with Crippen LogP contribution in [-0.4, -0.2) is 23.8 Å². The van der Waals surface area contributed by atoms with E-state index in [9.17, 15) is 19.1 Å². The van der Waals surface area contributed by atoms with Crippen molar-refractivity contribution in [2.75, 3.05) is 6.61 Å². The summed E-state index contributed by atoms with van der Waals surface area (Å²) in [5.74, 6) is -1.67. The summed E-state index contributed by atoms with van der Waals surface area (Å²) in [5.41, 5.74) is 4.86. The first-order valence-corrected chi connectivity index (χ1v) is 10.5. The van der Waals surface area contributed by atoms with Gasteiger partial charge in [-0.3, -0.25) is 4.79 Å². The molecule has 0 unspecified atom stereocenters. The number of fused-ring (bicyclic) bond motifs is 3. The zero-order valence-electron chi connectivity index (χ0n) is 16.3. The van der Waals surface area contributed by atoms with Crippen LogP contribution in [0.3, 0.4) is 0 Å². The number of aliphatic carboxylic acids is 1. The van der Waals surface area contributed by atoms with Gasteiger partial charge in [0.2, 0.25) is 0 Å². The van der Waals surface area contributed by atoms with Gasteiger partial charge in [0.25, 0.3) is 0 Å². The number of alkyl carbamates (subject to hydrolysis) is 1. The third-order valence-electron chi connectivity index (χ3n) is 5.35. The number of amides is 1. The molecule has 0 aliphatic heterocycles. The van der Waals surface area contributed by atoms with Crippen molar-refractivity contribution < 1.29 is 23.8 Å². The van der Waals surface area contributed by atoms with E-state index in [1.807, 2.05) is 48.5 Å². The number of rotatable bonds is 6. The molecule has 1 atom stereocenters. The fourth-order valence-electron chi connectivity index (χ4n) is 3.98. The van der Waals surface area contributed by atoms with Crippen LogP contribution in [0.5, 0.6) is 0 Å². The Labute approximate surface area is 187 Å². The number of carboxylic acids is 1. The Bertz CT molecular complexity index is 1100. The standard InChI is InChI=1S/C24H19BrFNO4/c25-21-11-14(26)9-10-19(21)22(12-23(28)29)27-24(30)31-13-20-17-7-3-1-5-15(17)16-6-2-4-8-18(16)20/h1-11,20,22H,12-13H2,(H,27,30)(H,28,29)/t22-/m1/s1. The van der Waals surface area contributed by atoms with Gasteiger partial charge in [-0.05, 0) is 39.9 Å². The van der Waals surface area contributed by atoms with Crippen LogP contribution in [0.4, 0.5) is 9.18 Å². The molecule has 0 saturated carbocycles. The molecule has 0 fully saturated rings. The van der Waals surface area contributed by atoms with Gasteiger partial charge in [-0.15, -0.1) is 0 Å². The van der Waals surface area contributed by atoms with Gasteiger partial charge < -0.3 is 15.2 Å². The average molecular weight is 484 g/mol. The summed E-state index contributed by atoms with van der Waals surface area (Å²) >= 11 is 3.23. The maximum Gasteiger partial charge on any atom is 0.407 e. The van der Waals surface area contributed by atoms with Gasteiger partial charge in [-0.1, -0.05) is 70.5 Å². The molecule has 2 N–H and O–H groups in total. The number of carboxylic acid groups (broad SMARTS) is 1. The van der Waals surface area contributed by atoms with Gasteiger partial charge in [-0.25, -0.2) is 9.18 Å². The predicted molar refractivity (Wildman–Crippen MR) is 117 cm³/mol. The topological polar surface area (TPSA) is 75.6 Å². The minimum Gasteiger partial charge on any atom is -0.481 e. The van der Waals surface area contributed by atoms with Crippen LogP contribution < -0.4 is 5.32 Å². The van der Waals surface area contributed by atoms with E-state index in [0.29, 0.717) is 10.0 Å². The predicted octanol–water partition coefficient (Wildman–Crippen LogP) is 5.64. The number of nitrogens with one attached hydrogen (secondary N) is 1. The molecular formula is C24H19BrFNO4. The molecule has 4 rings (SSSR count). The largest absolute Gasteiger partial charge is 0.481 e. The lowest BCUT2D eigenvalue weighted by Crippen LogP contribution is -2.32. The molecule has 31 heavy (non-hydrogen) atoms. The third-order valence-corrected chi connectivity index (χ3v) is 6.04. The van der Waals surface area contributed by atoms with Crippen molar-refractivity contribution in [3.8, 4) is 11.1 Å². The Morgan fingerprint density at radius 1 is 1.03 bits per heavy atom. The SMILES string of the molecule is O=C(O)C[C@@H](NC(=O)OCC1c2ccccc2-c2ccccc21)c1ccc(F)cc1Br. The Hall–Kier alpha value is -3.19. The molecule has 3 aromatic rings. The lowest BCUT2D eigenvalue weighted by Gasteiger charge is -2.20. The van der Waals surface area contributed by atoms with Gasteiger partial charge in [0.15, 0.2) is 0 Å². The Morgan fingerprint density at radius 3 is 2.23 bits per heavy atom. The van der Waals surface area contributed by atoms with Gasteiger partial charge in [0.05, 0.1) is 12.5 Å². The normalized spacial score (nSPS) is 13.2.